The molecule has 1 atom stereocenters. The molecular formula is C15H19ClN2S. The smallest absolute Gasteiger partial charge is 0.0928 e. The molecule has 1 unspecified atom stereocenters. The molecule has 1 aromatic carbocycles. The van der Waals surface area contributed by atoms with E-state index in [2.05, 4.69) is 29.4 Å². The van der Waals surface area contributed by atoms with Gasteiger partial charge in [-0.25, -0.2) is 4.98 Å². The van der Waals surface area contributed by atoms with Gasteiger partial charge in [0.25, 0.3) is 0 Å². The van der Waals surface area contributed by atoms with Crippen LogP contribution in [0.3, 0.4) is 0 Å². The molecule has 102 valence electrons. The van der Waals surface area contributed by atoms with Crippen LogP contribution in [0.25, 0.3) is 0 Å². The summed E-state index contributed by atoms with van der Waals surface area (Å²) in [6.45, 7) is 4.16. The van der Waals surface area contributed by atoms with Gasteiger partial charge in [0.1, 0.15) is 0 Å². The monoisotopic (exact) mass is 294 g/mol. The molecule has 1 heterocycles. The number of hydrogen-bond donors (Lipinski definition) is 1. The van der Waals surface area contributed by atoms with E-state index in [0.29, 0.717) is 5.92 Å². The third kappa shape index (κ3) is 4.94. The Kier molecular flexibility index (Phi) is 5.83. The van der Waals surface area contributed by atoms with E-state index < -0.39 is 0 Å². The average molecular weight is 295 g/mol. The van der Waals surface area contributed by atoms with Crippen molar-refractivity contribution in [2.45, 2.75) is 19.8 Å². The maximum Gasteiger partial charge on any atom is 0.0928 e. The maximum atomic E-state index is 6.05. The van der Waals surface area contributed by atoms with Crippen molar-refractivity contribution in [3.63, 3.8) is 0 Å². The predicted octanol–water partition coefficient (Wildman–Crippen LogP) is 3.81. The van der Waals surface area contributed by atoms with E-state index in [1.54, 1.807) is 11.3 Å². The summed E-state index contributed by atoms with van der Waals surface area (Å²) >= 11 is 7.78. The minimum Gasteiger partial charge on any atom is -0.317 e. The lowest BCUT2D eigenvalue weighted by Crippen LogP contribution is -2.25. The molecular weight excluding hydrogens is 276 g/mol. The van der Waals surface area contributed by atoms with E-state index in [-0.39, 0.29) is 0 Å². The third-order valence-corrected chi connectivity index (χ3v) is 4.08. The number of aromatic nitrogens is 1. The number of nitrogens with zero attached hydrogens (tertiary/aromatic N) is 1. The Morgan fingerprint density at radius 1 is 1.37 bits per heavy atom. The number of nitrogens with one attached hydrogen (secondary N) is 1. The SMILES string of the molecule is CCNCC(Cc1cccc(Cl)c1)Cc1nccs1. The van der Waals surface area contributed by atoms with Crippen LogP contribution >= 0.6 is 22.9 Å². The predicted molar refractivity (Wildman–Crippen MR) is 83.0 cm³/mol. The quantitative estimate of drug-likeness (QED) is 0.840. The van der Waals surface area contributed by atoms with E-state index in [1.807, 2.05) is 23.7 Å². The summed E-state index contributed by atoms with van der Waals surface area (Å²) in [6, 6.07) is 8.14. The molecule has 2 nitrogen and oxygen atoms in total. The summed E-state index contributed by atoms with van der Waals surface area (Å²) in [5.41, 5.74) is 1.30. The Hall–Kier alpha value is -0.900. The molecule has 0 bridgehead atoms. The molecule has 0 amide bonds. The fourth-order valence-electron chi connectivity index (χ4n) is 2.16. The lowest BCUT2D eigenvalue weighted by atomic mass is 9.96. The molecule has 0 aliphatic rings. The minimum absolute atomic E-state index is 0.560. The Morgan fingerprint density at radius 2 is 2.26 bits per heavy atom. The molecule has 4 heteroatoms. The van der Waals surface area contributed by atoms with Crippen molar-refractivity contribution >= 4 is 22.9 Å². The first-order valence-electron chi connectivity index (χ1n) is 6.61. The van der Waals surface area contributed by atoms with E-state index in [9.17, 15) is 0 Å². The van der Waals surface area contributed by atoms with Gasteiger partial charge in [-0.3, -0.25) is 0 Å². The highest BCUT2D eigenvalue weighted by atomic mass is 35.5. The summed E-state index contributed by atoms with van der Waals surface area (Å²) in [6.07, 6.45) is 3.94. The zero-order valence-electron chi connectivity index (χ0n) is 11.1. The van der Waals surface area contributed by atoms with Crippen molar-refractivity contribution < 1.29 is 0 Å². The van der Waals surface area contributed by atoms with Gasteiger partial charge in [-0.1, -0.05) is 30.7 Å². The van der Waals surface area contributed by atoms with Crippen LogP contribution in [-0.2, 0) is 12.8 Å². The van der Waals surface area contributed by atoms with Crippen LogP contribution in [0.5, 0.6) is 0 Å². The minimum atomic E-state index is 0.560. The van der Waals surface area contributed by atoms with Gasteiger partial charge < -0.3 is 5.32 Å². The topological polar surface area (TPSA) is 24.9 Å². The van der Waals surface area contributed by atoms with Crippen molar-refractivity contribution in [3.05, 3.63) is 51.4 Å². The zero-order valence-corrected chi connectivity index (χ0v) is 12.7. The van der Waals surface area contributed by atoms with E-state index in [1.165, 1.54) is 10.6 Å². The van der Waals surface area contributed by atoms with Gasteiger partial charge in [-0.05, 0) is 43.1 Å². The van der Waals surface area contributed by atoms with Crippen LogP contribution in [0.2, 0.25) is 5.02 Å². The van der Waals surface area contributed by atoms with E-state index >= 15 is 0 Å². The Morgan fingerprint density at radius 3 is 2.95 bits per heavy atom. The van der Waals surface area contributed by atoms with Gasteiger partial charge in [0.05, 0.1) is 5.01 Å². The average Bonchev–Trinajstić information content (AvgIpc) is 2.89. The molecule has 0 aliphatic heterocycles. The summed E-state index contributed by atoms with van der Waals surface area (Å²) in [4.78, 5) is 4.39. The highest BCUT2D eigenvalue weighted by molar-refractivity contribution is 7.09. The van der Waals surface area contributed by atoms with Gasteiger partial charge in [-0.2, -0.15) is 0 Å². The summed E-state index contributed by atoms with van der Waals surface area (Å²) in [5, 5.41) is 7.51. The number of thiazole rings is 1. The van der Waals surface area contributed by atoms with Gasteiger partial charge in [0.15, 0.2) is 0 Å². The fourth-order valence-corrected chi connectivity index (χ4v) is 3.11. The van der Waals surface area contributed by atoms with Gasteiger partial charge in [-0.15, -0.1) is 11.3 Å². The molecule has 0 spiro atoms. The van der Waals surface area contributed by atoms with E-state index in [4.69, 9.17) is 11.6 Å². The maximum absolute atomic E-state index is 6.05. The Balaban J connectivity index is 2.00. The second-order valence-corrected chi connectivity index (χ2v) is 6.05. The normalized spacial score (nSPS) is 12.5. The number of hydrogen-bond acceptors (Lipinski definition) is 3. The molecule has 0 aliphatic carbocycles. The molecule has 0 saturated heterocycles. The highest BCUT2D eigenvalue weighted by Gasteiger charge is 2.12. The first-order valence-corrected chi connectivity index (χ1v) is 7.87. The molecule has 0 radical (unpaired) electrons. The number of benzene rings is 1. The standard InChI is InChI=1S/C15H19ClN2S/c1-2-17-11-13(10-15-18-6-7-19-15)8-12-4-3-5-14(16)9-12/h3-7,9,13,17H,2,8,10-11H2,1H3. The Bertz CT molecular complexity index is 485. The van der Waals surface area contributed by atoms with Gasteiger partial charge >= 0.3 is 0 Å². The van der Waals surface area contributed by atoms with Crippen LogP contribution in [0.1, 0.15) is 17.5 Å². The molecule has 19 heavy (non-hydrogen) atoms. The molecule has 1 N–H and O–H groups in total. The van der Waals surface area contributed by atoms with Crippen LogP contribution in [0.15, 0.2) is 35.8 Å². The number of halogens is 1. The number of rotatable bonds is 7. The highest BCUT2D eigenvalue weighted by Crippen LogP contribution is 2.18. The van der Waals surface area contributed by atoms with Crippen molar-refractivity contribution in [3.8, 4) is 0 Å². The molecule has 2 aromatic rings. The Labute approximate surface area is 123 Å². The molecule has 1 aromatic heterocycles. The van der Waals surface area contributed by atoms with Crippen LogP contribution in [0.4, 0.5) is 0 Å². The van der Waals surface area contributed by atoms with E-state index in [0.717, 1.165) is 31.0 Å². The van der Waals surface area contributed by atoms with Crippen molar-refractivity contribution in [2.24, 2.45) is 5.92 Å². The second kappa shape index (κ2) is 7.63. The van der Waals surface area contributed by atoms with Crippen LogP contribution in [0, 0.1) is 5.92 Å². The summed E-state index contributed by atoms with van der Waals surface area (Å²) < 4.78 is 0. The lowest BCUT2D eigenvalue weighted by molar-refractivity contribution is 0.477. The molecule has 2 rings (SSSR count). The van der Waals surface area contributed by atoms with Gasteiger partial charge in [0, 0.05) is 23.0 Å². The van der Waals surface area contributed by atoms with Gasteiger partial charge in [0.2, 0.25) is 0 Å². The molecule has 0 saturated carbocycles. The fraction of sp³-hybridized carbons (Fsp3) is 0.400. The van der Waals surface area contributed by atoms with Crippen LogP contribution in [-0.4, -0.2) is 18.1 Å². The first kappa shape index (κ1) is 14.5. The first-order chi connectivity index (χ1) is 9.28. The van der Waals surface area contributed by atoms with Crippen LogP contribution < -0.4 is 5.32 Å². The lowest BCUT2D eigenvalue weighted by Gasteiger charge is -2.16. The second-order valence-electron chi connectivity index (χ2n) is 4.64. The van der Waals surface area contributed by atoms with Crippen molar-refractivity contribution in [1.82, 2.24) is 10.3 Å². The van der Waals surface area contributed by atoms with Crippen molar-refractivity contribution in [2.75, 3.05) is 13.1 Å². The third-order valence-electron chi connectivity index (χ3n) is 3.04. The largest absolute Gasteiger partial charge is 0.317 e. The summed E-state index contributed by atoms with van der Waals surface area (Å²) in [5.74, 6) is 0.560. The molecule has 0 fully saturated rings. The van der Waals surface area contributed by atoms with Crippen molar-refractivity contribution in [1.29, 1.82) is 0 Å². The zero-order chi connectivity index (χ0) is 13.5. The summed E-state index contributed by atoms with van der Waals surface area (Å²) in [7, 11) is 0.